The van der Waals surface area contributed by atoms with Gasteiger partial charge >= 0.3 is 0 Å². The van der Waals surface area contributed by atoms with Crippen LogP contribution in [0.5, 0.6) is 0 Å². The summed E-state index contributed by atoms with van der Waals surface area (Å²) in [6.07, 6.45) is 3.29. The molecule has 1 atom stereocenters. The highest BCUT2D eigenvalue weighted by atomic mass is 16.5. The van der Waals surface area contributed by atoms with E-state index in [0.717, 1.165) is 36.7 Å². The molecule has 3 rings (SSSR count). The lowest BCUT2D eigenvalue weighted by Gasteiger charge is -2.12. The minimum atomic E-state index is -0.370. The molecule has 1 fully saturated rings. The Morgan fingerprint density at radius 3 is 2.92 bits per heavy atom. The van der Waals surface area contributed by atoms with E-state index in [1.54, 1.807) is 0 Å². The van der Waals surface area contributed by atoms with E-state index in [9.17, 15) is 9.59 Å². The van der Waals surface area contributed by atoms with Crippen LogP contribution in [0.1, 0.15) is 38.4 Å². The Labute approximate surface area is 153 Å². The molecule has 1 aliphatic rings. The fraction of sp³-hybridized carbons (Fsp3) is 0.526. The number of hydrogen-bond donors (Lipinski definition) is 2. The summed E-state index contributed by atoms with van der Waals surface area (Å²) in [7, 11) is 0. The van der Waals surface area contributed by atoms with E-state index >= 15 is 0 Å². The van der Waals surface area contributed by atoms with Gasteiger partial charge < -0.3 is 19.9 Å². The molecule has 0 saturated carbocycles. The smallest absolute Gasteiger partial charge is 0.249 e. The number of amides is 2. The van der Waals surface area contributed by atoms with Gasteiger partial charge in [0, 0.05) is 13.2 Å². The average molecular weight is 358 g/mol. The van der Waals surface area contributed by atoms with E-state index in [1.165, 1.54) is 0 Å². The maximum absolute atomic E-state index is 12.3. The lowest BCUT2D eigenvalue weighted by molar-refractivity contribution is -0.130. The molecule has 26 heavy (non-hydrogen) atoms. The van der Waals surface area contributed by atoms with Crippen molar-refractivity contribution in [1.82, 2.24) is 20.2 Å². The van der Waals surface area contributed by atoms with Crippen molar-refractivity contribution in [3.05, 3.63) is 30.1 Å². The first-order chi connectivity index (χ1) is 12.7. The third-order valence-electron chi connectivity index (χ3n) is 4.53. The van der Waals surface area contributed by atoms with Crippen molar-refractivity contribution < 1.29 is 14.3 Å². The summed E-state index contributed by atoms with van der Waals surface area (Å²) in [6, 6.07) is 7.68. The van der Waals surface area contributed by atoms with Gasteiger partial charge in [-0.2, -0.15) is 0 Å². The SMILES string of the molecule is CCCCNC(=O)Cn1c(CNC(=O)C2CCCO2)nc2ccccc21. The number of carbonyl (C=O) groups is 2. The number of ether oxygens (including phenoxy) is 1. The second-order valence-electron chi connectivity index (χ2n) is 6.53. The lowest BCUT2D eigenvalue weighted by atomic mass is 10.2. The molecule has 0 bridgehead atoms. The number of fused-ring (bicyclic) bond motifs is 1. The number of benzene rings is 1. The maximum Gasteiger partial charge on any atom is 0.249 e. The van der Waals surface area contributed by atoms with E-state index in [-0.39, 0.29) is 31.0 Å². The summed E-state index contributed by atoms with van der Waals surface area (Å²) in [5.41, 5.74) is 1.70. The summed E-state index contributed by atoms with van der Waals surface area (Å²) in [4.78, 5) is 29.0. The van der Waals surface area contributed by atoms with Crippen molar-refractivity contribution in [2.75, 3.05) is 13.2 Å². The van der Waals surface area contributed by atoms with Gasteiger partial charge in [0.2, 0.25) is 11.8 Å². The third kappa shape index (κ3) is 4.40. The molecule has 140 valence electrons. The Bertz CT molecular complexity index is 765. The zero-order valence-electron chi connectivity index (χ0n) is 15.2. The van der Waals surface area contributed by atoms with Crippen molar-refractivity contribution in [2.24, 2.45) is 0 Å². The van der Waals surface area contributed by atoms with Gasteiger partial charge in [-0.3, -0.25) is 9.59 Å². The molecule has 7 heteroatoms. The van der Waals surface area contributed by atoms with Crippen LogP contribution in [0.15, 0.2) is 24.3 Å². The molecule has 1 aliphatic heterocycles. The first kappa shape index (κ1) is 18.4. The minimum Gasteiger partial charge on any atom is -0.368 e. The fourth-order valence-corrected chi connectivity index (χ4v) is 3.11. The molecule has 2 aromatic rings. The highest BCUT2D eigenvalue weighted by Crippen LogP contribution is 2.17. The number of imidazole rings is 1. The van der Waals surface area contributed by atoms with E-state index in [1.807, 2.05) is 28.8 Å². The molecule has 2 N–H and O–H groups in total. The number of nitrogens with one attached hydrogen (secondary N) is 2. The average Bonchev–Trinajstić information content (AvgIpc) is 3.29. The first-order valence-electron chi connectivity index (χ1n) is 9.29. The van der Waals surface area contributed by atoms with Gasteiger partial charge in [0.1, 0.15) is 18.5 Å². The van der Waals surface area contributed by atoms with Gasteiger partial charge in [0.25, 0.3) is 0 Å². The number of aromatic nitrogens is 2. The van der Waals surface area contributed by atoms with Crippen molar-refractivity contribution >= 4 is 22.8 Å². The summed E-state index contributed by atoms with van der Waals surface area (Å²) in [5, 5.41) is 5.82. The van der Waals surface area contributed by atoms with Crippen LogP contribution in [0.4, 0.5) is 0 Å². The van der Waals surface area contributed by atoms with E-state index in [0.29, 0.717) is 19.0 Å². The molecule has 2 amide bonds. The van der Waals surface area contributed by atoms with Crippen LogP contribution in [0.3, 0.4) is 0 Å². The monoisotopic (exact) mass is 358 g/mol. The first-order valence-corrected chi connectivity index (χ1v) is 9.29. The zero-order valence-corrected chi connectivity index (χ0v) is 15.2. The van der Waals surface area contributed by atoms with Crippen LogP contribution in [0.25, 0.3) is 11.0 Å². The second-order valence-corrected chi connectivity index (χ2v) is 6.53. The molecule has 1 aromatic carbocycles. The predicted octanol–water partition coefficient (Wildman–Crippen LogP) is 1.75. The number of hydrogen-bond acceptors (Lipinski definition) is 4. The number of nitrogens with zero attached hydrogens (tertiary/aromatic N) is 2. The Balaban J connectivity index is 1.71. The molecule has 0 spiro atoms. The van der Waals surface area contributed by atoms with E-state index in [4.69, 9.17) is 4.74 Å². The second kappa shape index (κ2) is 8.80. The largest absolute Gasteiger partial charge is 0.368 e. The molecule has 7 nitrogen and oxygen atoms in total. The highest BCUT2D eigenvalue weighted by Gasteiger charge is 2.24. The Kier molecular flexibility index (Phi) is 6.22. The van der Waals surface area contributed by atoms with Crippen LogP contribution >= 0.6 is 0 Å². The van der Waals surface area contributed by atoms with Crippen molar-refractivity contribution in [1.29, 1.82) is 0 Å². The zero-order chi connectivity index (χ0) is 18.4. The standard InChI is InChI=1S/C19H26N4O3/c1-2-3-10-20-18(24)13-23-15-8-5-4-7-14(15)22-17(23)12-21-19(25)16-9-6-11-26-16/h4-5,7-8,16H,2-3,6,9-13H2,1H3,(H,20,24)(H,21,25). The van der Waals surface area contributed by atoms with Gasteiger partial charge in [0.05, 0.1) is 17.6 Å². The molecule has 1 unspecified atom stereocenters. The van der Waals surface area contributed by atoms with Gasteiger partial charge in [-0.15, -0.1) is 0 Å². The Hall–Kier alpha value is -2.41. The number of rotatable bonds is 8. The summed E-state index contributed by atoms with van der Waals surface area (Å²) in [5.74, 6) is 0.505. The van der Waals surface area contributed by atoms with Crippen LogP contribution in [-0.2, 0) is 27.4 Å². The van der Waals surface area contributed by atoms with Gasteiger partial charge in [-0.1, -0.05) is 25.5 Å². The van der Waals surface area contributed by atoms with Crippen LogP contribution in [0, 0.1) is 0 Å². The number of carbonyl (C=O) groups excluding carboxylic acids is 2. The van der Waals surface area contributed by atoms with E-state index in [2.05, 4.69) is 22.5 Å². The molecular formula is C19H26N4O3. The van der Waals surface area contributed by atoms with Crippen molar-refractivity contribution in [3.8, 4) is 0 Å². The fourth-order valence-electron chi connectivity index (χ4n) is 3.11. The summed E-state index contributed by atoms with van der Waals surface area (Å²) in [6.45, 7) is 3.86. The topological polar surface area (TPSA) is 85.2 Å². The van der Waals surface area contributed by atoms with Crippen molar-refractivity contribution in [3.63, 3.8) is 0 Å². The van der Waals surface area contributed by atoms with Crippen LogP contribution < -0.4 is 10.6 Å². The van der Waals surface area contributed by atoms with E-state index < -0.39 is 0 Å². The molecule has 0 radical (unpaired) electrons. The molecular weight excluding hydrogens is 332 g/mol. The Morgan fingerprint density at radius 2 is 2.15 bits per heavy atom. The highest BCUT2D eigenvalue weighted by molar-refractivity contribution is 5.82. The Morgan fingerprint density at radius 1 is 1.31 bits per heavy atom. The van der Waals surface area contributed by atoms with Crippen molar-refractivity contribution in [2.45, 2.75) is 51.8 Å². The molecule has 0 aliphatic carbocycles. The molecule has 1 aromatic heterocycles. The maximum atomic E-state index is 12.3. The van der Waals surface area contributed by atoms with Crippen LogP contribution in [-0.4, -0.2) is 40.6 Å². The predicted molar refractivity (Wildman–Crippen MR) is 98.5 cm³/mol. The van der Waals surface area contributed by atoms with Crippen LogP contribution in [0.2, 0.25) is 0 Å². The normalized spacial score (nSPS) is 16.7. The van der Waals surface area contributed by atoms with Gasteiger partial charge in [-0.25, -0.2) is 4.98 Å². The minimum absolute atomic E-state index is 0.0479. The lowest BCUT2D eigenvalue weighted by Crippen LogP contribution is -2.35. The summed E-state index contributed by atoms with van der Waals surface area (Å²) < 4.78 is 7.28. The van der Waals surface area contributed by atoms with Gasteiger partial charge in [0.15, 0.2) is 0 Å². The molecule has 1 saturated heterocycles. The number of para-hydroxylation sites is 2. The quantitative estimate of drug-likeness (QED) is 0.704. The third-order valence-corrected chi connectivity index (χ3v) is 4.53. The van der Waals surface area contributed by atoms with Gasteiger partial charge in [-0.05, 0) is 31.4 Å². The molecule has 2 heterocycles. The number of unbranched alkanes of at least 4 members (excludes halogenated alkanes) is 1. The summed E-state index contributed by atoms with van der Waals surface area (Å²) >= 11 is 0.